The molecule has 2 aliphatic rings. The number of nitrogens with zero attached hydrogens (tertiary/aromatic N) is 1. The van der Waals surface area contributed by atoms with E-state index in [9.17, 15) is 4.79 Å². The average molecular weight is 403 g/mol. The van der Waals surface area contributed by atoms with Gasteiger partial charge in [-0.3, -0.25) is 9.69 Å². The molecule has 1 aliphatic heterocycles. The Bertz CT molecular complexity index is 778. The number of hydrogen-bond acceptors (Lipinski definition) is 3. The molecule has 152 valence electrons. The van der Waals surface area contributed by atoms with E-state index in [0.717, 1.165) is 38.4 Å². The third-order valence-electron chi connectivity index (χ3n) is 6.31. The number of nitrogens with one attached hydrogen (secondary N) is 1. The fraction of sp³-hybridized carbons (Fsp3) is 0.522. The number of halogens is 1. The summed E-state index contributed by atoms with van der Waals surface area (Å²) in [5.41, 5.74) is 1.23. The Morgan fingerprint density at radius 3 is 2.50 bits per heavy atom. The lowest BCUT2D eigenvalue weighted by Gasteiger charge is -2.48. The van der Waals surface area contributed by atoms with E-state index in [1.54, 1.807) is 0 Å². The van der Waals surface area contributed by atoms with Crippen LogP contribution in [0.3, 0.4) is 0 Å². The van der Waals surface area contributed by atoms with Crippen LogP contribution in [0, 0.1) is 0 Å². The number of amides is 1. The highest BCUT2D eigenvalue weighted by Gasteiger charge is 2.38. The van der Waals surface area contributed by atoms with Crippen LogP contribution in [0.25, 0.3) is 10.8 Å². The molecule has 1 saturated heterocycles. The first-order valence-electron chi connectivity index (χ1n) is 10.3. The zero-order chi connectivity index (χ0) is 18.5. The molecule has 5 heteroatoms. The van der Waals surface area contributed by atoms with Gasteiger partial charge in [0.25, 0.3) is 0 Å². The molecule has 0 spiro atoms. The molecule has 2 aromatic carbocycles. The quantitative estimate of drug-likeness (QED) is 0.823. The third-order valence-corrected chi connectivity index (χ3v) is 6.31. The molecule has 1 saturated carbocycles. The van der Waals surface area contributed by atoms with Crippen LogP contribution in [0.5, 0.6) is 0 Å². The van der Waals surface area contributed by atoms with Crippen LogP contribution >= 0.6 is 12.4 Å². The molecule has 2 fully saturated rings. The molecular formula is C23H31ClN2O2. The van der Waals surface area contributed by atoms with E-state index >= 15 is 0 Å². The molecule has 1 N–H and O–H groups in total. The van der Waals surface area contributed by atoms with Crippen molar-refractivity contribution in [1.82, 2.24) is 10.2 Å². The fourth-order valence-corrected chi connectivity index (χ4v) is 4.80. The topological polar surface area (TPSA) is 41.6 Å². The number of fused-ring (bicyclic) bond motifs is 1. The van der Waals surface area contributed by atoms with Gasteiger partial charge in [0.1, 0.15) is 0 Å². The predicted molar refractivity (Wildman–Crippen MR) is 116 cm³/mol. The van der Waals surface area contributed by atoms with Crippen LogP contribution in [0.2, 0.25) is 0 Å². The van der Waals surface area contributed by atoms with Gasteiger partial charge in [-0.25, -0.2) is 0 Å². The van der Waals surface area contributed by atoms with E-state index in [2.05, 4.69) is 34.5 Å². The average Bonchev–Trinajstić information content (AvgIpc) is 2.74. The monoisotopic (exact) mass is 402 g/mol. The van der Waals surface area contributed by atoms with Gasteiger partial charge >= 0.3 is 0 Å². The van der Waals surface area contributed by atoms with Gasteiger partial charge in [0.2, 0.25) is 5.91 Å². The molecule has 0 unspecified atom stereocenters. The van der Waals surface area contributed by atoms with E-state index < -0.39 is 0 Å². The fourth-order valence-electron chi connectivity index (χ4n) is 4.80. The van der Waals surface area contributed by atoms with Crippen LogP contribution in [0.1, 0.15) is 37.7 Å². The molecule has 1 amide bonds. The Labute approximate surface area is 174 Å². The van der Waals surface area contributed by atoms with Gasteiger partial charge in [-0.15, -0.1) is 12.4 Å². The van der Waals surface area contributed by atoms with Crippen molar-refractivity contribution in [3.05, 3.63) is 48.0 Å². The smallest absolute Gasteiger partial charge is 0.224 e. The number of carbonyl (C=O) groups excluding carboxylic acids is 1. The summed E-state index contributed by atoms with van der Waals surface area (Å²) in [5, 5.41) is 5.65. The number of morpholine rings is 1. The standard InChI is InChI=1S/C23H30N2O2.ClH/c26-22(17-20-9-6-8-19-7-2-3-10-21(19)20)24-18-23(11-4-1-5-12-23)25-13-15-27-16-14-25;/h2-3,6-10H,1,4-5,11-18H2,(H,24,26);1H. The molecule has 4 nitrogen and oxygen atoms in total. The Kier molecular flexibility index (Phi) is 7.33. The Balaban J connectivity index is 0.00000225. The zero-order valence-corrected chi connectivity index (χ0v) is 17.3. The van der Waals surface area contributed by atoms with Crippen molar-refractivity contribution >= 4 is 29.1 Å². The minimum absolute atomic E-state index is 0. The number of carbonyl (C=O) groups is 1. The molecular weight excluding hydrogens is 372 g/mol. The Morgan fingerprint density at radius 2 is 1.71 bits per heavy atom. The van der Waals surface area contributed by atoms with Crippen molar-refractivity contribution in [1.29, 1.82) is 0 Å². The summed E-state index contributed by atoms with van der Waals surface area (Å²) < 4.78 is 5.55. The molecule has 28 heavy (non-hydrogen) atoms. The Morgan fingerprint density at radius 1 is 1.00 bits per heavy atom. The summed E-state index contributed by atoms with van der Waals surface area (Å²) >= 11 is 0. The molecule has 1 aliphatic carbocycles. The van der Waals surface area contributed by atoms with Crippen molar-refractivity contribution in [2.24, 2.45) is 0 Å². The molecule has 0 atom stereocenters. The highest BCUT2D eigenvalue weighted by Crippen LogP contribution is 2.34. The largest absolute Gasteiger partial charge is 0.379 e. The van der Waals surface area contributed by atoms with Crippen molar-refractivity contribution < 1.29 is 9.53 Å². The predicted octanol–water partition coefficient (Wildman–Crippen LogP) is 3.96. The van der Waals surface area contributed by atoms with Gasteiger partial charge in [0.05, 0.1) is 19.6 Å². The summed E-state index contributed by atoms with van der Waals surface area (Å²) in [6, 6.07) is 14.5. The first kappa shape index (κ1) is 21.1. The maximum absolute atomic E-state index is 12.8. The number of benzene rings is 2. The van der Waals surface area contributed by atoms with Crippen molar-refractivity contribution in [2.75, 3.05) is 32.8 Å². The van der Waals surface area contributed by atoms with E-state index in [0.29, 0.717) is 6.42 Å². The van der Waals surface area contributed by atoms with Gasteiger partial charge in [-0.2, -0.15) is 0 Å². The summed E-state index contributed by atoms with van der Waals surface area (Å²) in [6.07, 6.45) is 6.65. The first-order chi connectivity index (χ1) is 13.3. The molecule has 1 heterocycles. The zero-order valence-electron chi connectivity index (χ0n) is 16.5. The SMILES string of the molecule is Cl.O=C(Cc1cccc2ccccc12)NCC1(N2CCOCC2)CCCCC1. The van der Waals surface area contributed by atoms with Gasteiger partial charge in [0, 0.05) is 25.2 Å². The lowest BCUT2D eigenvalue weighted by Crippen LogP contribution is -2.59. The van der Waals surface area contributed by atoms with E-state index in [1.807, 2.05) is 18.2 Å². The lowest BCUT2D eigenvalue weighted by atomic mass is 9.79. The maximum Gasteiger partial charge on any atom is 0.224 e. The highest BCUT2D eigenvalue weighted by molar-refractivity contribution is 5.90. The second kappa shape index (κ2) is 9.73. The van der Waals surface area contributed by atoms with E-state index in [-0.39, 0.29) is 23.9 Å². The van der Waals surface area contributed by atoms with Crippen molar-refractivity contribution in [3.8, 4) is 0 Å². The van der Waals surface area contributed by atoms with Crippen molar-refractivity contribution in [3.63, 3.8) is 0 Å². The van der Waals surface area contributed by atoms with E-state index in [1.165, 1.54) is 42.9 Å². The minimum Gasteiger partial charge on any atom is -0.379 e. The van der Waals surface area contributed by atoms with Crippen LogP contribution in [-0.2, 0) is 16.0 Å². The maximum atomic E-state index is 12.8. The number of rotatable bonds is 5. The van der Waals surface area contributed by atoms with E-state index in [4.69, 9.17) is 4.74 Å². The summed E-state index contributed by atoms with van der Waals surface area (Å²) in [5.74, 6) is 0.129. The molecule has 0 aromatic heterocycles. The van der Waals surface area contributed by atoms with Gasteiger partial charge < -0.3 is 10.1 Å². The van der Waals surface area contributed by atoms with Crippen molar-refractivity contribution in [2.45, 2.75) is 44.1 Å². The summed E-state index contributed by atoms with van der Waals surface area (Å²) in [7, 11) is 0. The molecule has 2 aromatic rings. The normalized spacial score (nSPS) is 19.7. The second-order valence-electron chi connectivity index (χ2n) is 7.98. The molecule has 0 radical (unpaired) electrons. The van der Waals surface area contributed by atoms with Crippen LogP contribution < -0.4 is 5.32 Å². The van der Waals surface area contributed by atoms with Crippen LogP contribution in [0.15, 0.2) is 42.5 Å². The Hall–Kier alpha value is -1.62. The second-order valence-corrected chi connectivity index (χ2v) is 7.98. The summed E-state index contributed by atoms with van der Waals surface area (Å²) in [6.45, 7) is 4.35. The van der Waals surface area contributed by atoms with Gasteiger partial charge in [-0.05, 0) is 29.2 Å². The highest BCUT2D eigenvalue weighted by atomic mass is 35.5. The number of ether oxygens (including phenoxy) is 1. The first-order valence-corrected chi connectivity index (χ1v) is 10.3. The number of hydrogen-bond donors (Lipinski definition) is 1. The minimum atomic E-state index is 0. The summed E-state index contributed by atoms with van der Waals surface area (Å²) in [4.78, 5) is 15.3. The molecule has 0 bridgehead atoms. The lowest BCUT2D eigenvalue weighted by molar-refractivity contribution is -0.121. The van der Waals surface area contributed by atoms with Crippen LogP contribution in [0.4, 0.5) is 0 Å². The van der Waals surface area contributed by atoms with Crippen LogP contribution in [-0.4, -0.2) is 49.2 Å². The van der Waals surface area contributed by atoms with Gasteiger partial charge in [-0.1, -0.05) is 61.7 Å². The third kappa shape index (κ3) is 4.68. The molecule has 4 rings (SSSR count). The van der Waals surface area contributed by atoms with Gasteiger partial charge in [0.15, 0.2) is 0 Å².